The molecule has 3 aromatic heterocycles. The monoisotopic (exact) mass is 448 g/mol. The molecule has 1 spiro atoms. The van der Waals surface area contributed by atoms with Gasteiger partial charge in [-0.1, -0.05) is 0 Å². The van der Waals surface area contributed by atoms with Crippen LogP contribution in [0.25, 0.3) is 11.3 Å². The van der Waals surface area contributed by atoms with Gasteiger partial charge in [-0.3, -0.25) is 4.68 Å². The average Bonchev–Trinajstić information content (AvgIpc) is 3.53. The first-order valence-electron chi connectivity index (χ1n) is 11.3. The van der Waals surface area contributed by atoms with Gasteiger partial charge in [0, 0.05) is 67.0 Å². The second-order valence-corrected chi connectivity index (χ2v) is 8.71. The number of ether oxygens (including phenoxy) is 1. The van der Waals surface area contributed by atoms with E-state index in [9.17, 15) is 4.79 Å². The lowest BCUT2D eigenvalue weighted by Crippen LogP contribution is -2.40. The van der Waals surface area contributed by atoms with Crippen LogP contribution in [-0.2, 0) is 12.0 Å². The Labute approximate surface area is 192 Å². The molecule has 0 aliphatic carbocycles. The number of nitrogens with two attached hydrogens (primary N) is 1. The number of amides is 2. The number of carbonyl (C=O) groups is 1. The second-order valence-electron chi connectivity index (χ2n) is 8.71. The maximum atomic E-state index is 12.3. The third-order valence-corrected chi connectivity index (χ3v) is 6.63. The topological polar surface area (TPSA) is 124 Å². The summed E-state index contributed by atoms with van der Waals surface area (Å²) in [6, 6.07) is 4.01. The van der Waals surface area contributed by atoms with Crippen LogP contribution in [0.4, 0.5) is 10.6 Å². The van der Waals surface area contributed by atoms with E-state index in [1.54, 1.807) is 18.6 Å². The highest BCUT2D eigenvalue weighted by Gasteiger charge is 2.46. The number of fused-ring (bicyclic) bond motifs is 2. The van der Waals surface area contributed by atoms with Crippen LogP contribution in [0.5, 0.6) is 5.75 Å². The summed E-state index contributed by atoms with van der Waals surface area (Å²) in [5.41, 5.74) is 9.75. The molecule has 2 aliphatic rings. The lowest BCUT2D eigenvalue weighted by molar-refractivity contribution is 0.206. The third-order valence-electron chi connectivity index (χ3n) is 6.63. The molecular weight excluding hydrogens is 420 g/mol. The van der Waals surface area contributed by atoms with E-state index >= 15 is 0 Å². The molecule has 2 atom stereocenters. The second kappa shape index (κ2) is 8.34. The molecule has 0 aromatic carbocycles. The molecule has 5 heterocycles. The Kier molecular flexibility index (Phi) is 5.35. The van der Waals surface area contributed by atoms with Gasteiger partial charge in [0.15, 0.2) is 11.6 Å². The summed E-state index contributed by atoms with van der Waals surface area (Å²) in [5, 5.41) is 7.75. The van der Waals surface area contributed by atoms with Crippen molar-refractivity contribution in [3.05, 3.63) is 48.3 Å². The van der Waals surface area contributed by atoms with E-state index in [2.05, 4.69) is 31.0 Å². The fraction of sp³-hybridized carbons (Fsp3) is 0.435. The van der Waals surface area contributed by atoms with Crippen LogP contribution >= 0.6 is 0 Å². The van der Waals surface area contributed by atoms with Gasteiger partial charge in [-0.25, -0.2) is 19.7 Å². The predicted octanol–water partition coefficient (Wildman–Crippen LogP) is 2.53. The highest BCUT2D eigenvalue weighted by atomic mass is 16.5. The Morgan fingerprint density at radius 1 is 1.24 bits per heavy atom. The van der Waals surface area contributed by atoms with Gasteiger partial charge in [0.2, 0.25) is 0 Å². The van der Waals surface area contributed by atoms with Crippen molar-refractivity contribution >= 4 is 11.8 Å². The van der Waals surface area contributed by atoms with Crippen LogP contribution < -0.4 is 15.8 Å². The minimum atomic E-state index is -0.278. The van der Waals surface area contributed by atoms with E-state index < -0.39 is 0 Å². The van der Waals surface area contributed by atoms with Gasteiger partial charge in [-0.2, -0.15) is 5.10 Å². The minimum absolute atomic E-state index is 0.00928. The number of urea groups is 1. The van der Waals surface area contributed by atoms with Crippen molar-refractivity contribution in [2.75, 3.05) is 25.4 Å². The van der Waals surface area contributed by atoms with Gasteiger partial charge in [0.1, 0.15) is 12.4 Å². The fourth-order valence-corrected chi connectivity index (χ4v) is 4.79. The molecule has 5 rings (SSSR count). The third kappa shape index (κ3) is 3.85. The van der Waals surface area contributed by atoms with Gasteiger partial charge in [0.25, 0.3) is 0 Å². The summed E-state index contributed by atoms with van der Waals surface area (Å²) in [5.74, 6) is 0.814. The molecule has 2 amide bonds. The number of aryl methyl sites for hydroxylation is 1. The van der Waals surface area contributed by atoms with Crippen LogP contribution in [0.1, 0.15) is 44.1 Å². The molecule has 3 N–H and O–H groups in total. The zero-order chi connectivity index (χ0) is 23.0. The smallest absolute Gasteiger partial charge is 0.317 e. The summed E-state index contributed by atoms with van der Waals surface area (Å²) >= 11 is 0. The highest BCUT2D eigenvalue weighted by molar-refractivity contribution is 5.75. The van der Waals surface area contributed by atoms with E-state index in [1.165, 1.54) is 12.0 Å². The molecule has 0 saturated carbocycles. The molecule has 0 unspecified atom stereocenters. The van der Waals surface area contributed by atoms with Gasteiger partial charge in [-0.05, 0) is 38.8 Å². The molecule has 1 fully saturated rings. The maximum absolute atomic E-state index is 12.3. The molecule has 10 heteroatoms. The normalized spacial score (nSPS) is 20.1. The highest BCUT2D eigenvalue weighted by Crippen LogP contribution is 2.44. The zero-order valence-electron chi connectivity index (χ0n) is 18.9. The molecule has 33 heavy (non-hydrogen) atoms. The van der Waals surface area contributed by atoms with Crippen LogP contribution in [0, 0.1) is 0 Å². The summed E-state index contributed by atoms with van der Waals surface area (Å²) in [4.78, 5) is 26.7. The number of anilines is 1. The Morgan fingerprint density at radius 2 is 2.03 bits per heavy atom. The van der Waals surface area contributed by atoms with Crippen molar-refractivity contribution in [1.82, 2.24) is 34.9 Å². The molecule has 10 nitrogen and oxygen atoms in total. The van der Waals surface area contributed by atoms with E-state index in [0.717, 1.165) is 49.3 Å². The number of likely N-dealkylation sites (tertiary alicyclic amines) is 1. The van der Waals surface area contributed by atoms with E-state index in [1.807, 2.05) is 24.8 Å². The predicted molar refractivity (Wildman–Crippen MR) is 123 cm³/mol. The Morgan fingerprint density at radius 3 is 2.82 bits per heavy atom. The van der Waals surface area contributed by atoms with Crippen molar-refractivity contribution in [1.29, 1.82) is 0 Å². The zero-order valence-corrected chi connectivity index (χ0v) is 18.9. The minimum Gasteiger partial charge on any atom is -0.482 e. The standard InChI is InChI=1S/C23H28N8O2/c1-3-27-22(32)30-6-4-23(13-30)5-7-31-20(23)9-18(29-31)16-8-19(21(24)28-12-16)33-15(2)17-10-25-14-26-11-17/h8-12,14-15H,3-7,13H2,1-2H3,(H2,24,28)(H,27,32)/t15-,23-/m1/s1. The van der Waals surface area contributed by atoms with Crippen molar-refractivity contribution < 1.29 is 9.53 Å². The van der Waals surface area contributed by atoms with Gasteiger partial charge in [-0.15, -0.1) is 0 Å². The number of aromatic nitrogens is 5. The van der Waals surface area contributed by atoms with E-state index in [0.29, 0.717) is 18.1 Å². The first kappa shape index (κ1) is 21.2. The van der Waals surface area contributed by atoms with E-state index in [-0.39, 0.29) is 17.6 Å². The Balaban J connectivity index is 1.38. The number of nitrogens with one attached hydrogen (secondary N) is 1. The van der Waals surface area contributed by atoms with Crippen molar-refractivity contribution in [3.63, 3.8) is 0 Å². The SMILES string of the molecule is CCNC(=O)N1CC[C@@]2(CCn3nc(-c4cnc(N)c(O[C@H](C)c5cncnc5)c4)cc32)C1. The molecule has 0 radical (unpaired) electrons. The van der Waals surface area contributed by atoms with Crippen LogP contribution in [0.3, 0.4) is 0 Å². The lowest BCUT2D eigenvalue weighted by atomic mass is 9.82. The number of nitrogen functional groups attached to an aromatic ring is 1. The number of hydrogen-bond donors (Lipinski definition) is 2. The van der Waals surface area contributed by atoms with Gasteiger partial charge in [0.05, 0.1) is 5.69 Å². The molecule has 0 bridgehead atoms. The molecule has 1 saturated heterocycles. The molecule has 2 aliphatic heterocycles. The quantitative estimate of drug-likeness (QED) is 0.614. The number of rotatable bonds is 5. The summed E-state index contributed by atoms with van der Waals surface area (Å²) in [6.45, 7) is 6.81. The Bertz CT molecular complexity index is 1160. The molecule has 172 valence electrons. The van der Waals surface area contributed by atoms with Gasteiger partial charge >= 0.3 is 6.03 Å². The number of hydrogen-bond acceptors (Lipinski definition) is 7. The summed E-state index contributed by atoms with van der Waals surface area (Å²) < 4.78 is 8.14. The van der Waals surface area contributed by atoms with Crippen molar-refractivity contribution in [2.24, 2.45) is 0 Å². The Hall–Kier alpha value is -3.69. The van der Waals surface area contributed by atoms with E-state index in [4.69, 9.17) is 15.6 Å². The van der Waals surface area contributed by atoms with Crippen LogP contribution in [-0.4, -0.2) is 55.3 Å². The summed E-state index contributed by atoms with van der Waals surface area (Å²) in [6.07, 6.45) is 8.30. The number of carbonyl (C=O) groups excluding carboxylic acids is 1. The first-order valence-corrected chi connectivity index (χ1v) is 11.3. The number of nitrogens with zero attached hydrogens (tertiary/aromatic N) is 6. The van der Waals surface area contributed by atoms with Gasteiger partial charge < -0.3 is 20.7 Å². The largest absolute Gasteiger partial charge is 0.482 e. The first-order chi connectivity index (χ1) is 16.0. The lowest BCUT2D eigenvalue weighted by Gasteiger charge is -2.23. The summed E-state index contributed by atoms with van der Waals surface area (Å²) in [7, 11) is 0. The van der Waals surface area contributed by atoms with Crippen LogP contribution in [0.15, 0.2) is 37.1 Å². The average molecular weight is 449 g/mol. The van der Waals surface area contributed by atoms with Crippen molar-refractivity contribution in [2.45, 2.75) is 44.8 Å². The molecule has 3 aromatic rings. The molecular formula is C23H28N8O2. The van der Waals surface area contributed by atoms with Crippen LogP contribution in [0.2, 0.25) is 0 Å². The van der Waals surface area contributed by atoms with Crippen molar-refractivity contribution in [3.8, 4) is 17.0 Å². The fourth-order valence-electron chi connectivity index (χ4n) is 4.79. The number of pyridine rings is 1. The maximum Gasteiger partial charge on any atom is 0.317 e.